The average molecular weight is 296 g/mol. The van der Waals surface area contributed by atoms with Crippen LogP contribution in [0, 0.1) is 0 Å². The highest BCUT2D eigenvalue weighted by Gasteiger charge is 2.30. The predicted molar refractivity (Wildman–Crippen MR) is 62.6 cm³/mol. The summed E-state index contributed by atoms with van der Waals surface area (Å²) >= 11 is 0.711. The number of alkyl halides is 2. The van der Waals surface area contributed by atoms with Crippen LogP contribution in [-0.2, 0) is 14.6 Å². The number of benzene rings is 1. The molecule has 0 radical (unpaired) electrons. The first-order valence-electron chi connectivity index (χ1n) is 4.77. The molecule has 0 amide bonds. The lowest BCUT2D eigenvalue weighted by Crippen LogP contribution is -2.15. The van der Waals surface area contributed by atoms with Gasteiger partial charge in [-0.1, -0.05) is 12.1 Å². The lowest BCUT2D eigenvalue weighted by molar-refractivity contribution is -0.136. The number of hydrogen-bond acceptors (Lipinski definition) is 4. The van der Waals surface area contributed by atoms with Gasteiger partial charge in [-0.3, -0.25) is 4.79 Å². The van der Waals surface area contributed by atoms with Crippen molar-refractivity contribution in [1.82, 2.24) is 0 Å². The fraction of sp³-hybridized carbons (Fsp3) is 0.300. The molecule has 1 aromatic carbocycles. The smallest absolute Gasteiger partial charge is 0.341 e. The molecule has 0 fully saturated rings. The molecule has 1 rings (SSSR count). The Bertz CT molecular complexity index is 543. The van der Waals surface area contributed by atoms with Gasteiger partial charge < -0.3 is 5.11 Å². The van der Waals surface area contributed by atoms with E-state index in [1.807, 2.05) is 0 Å². The molecule has 1 atom stereocenters. The van der Waals surface area contributed by atoms with E-state index in [2.05, 4.69) is 0 Å². The summed E-state index contributed by atoms with van der Waals surface area (Å²) < 4.78 is 47.7. The van der Waals surface area contributed by atoms with Crippen LogP contribution in [-0.4, -0.2) is 30.5 Å². The Morgan fingerprint density at radius 3 is 2.39 bits per heavy atom. The van der Waals surface area contributed by atoms with Crippen LogP contribution in [0.5, 0.6) is 0 Å². The van der Waals surface area contributed by atoms with Crippen LogP contribution in [0.15, 0.2) is 34.1 Å². The van der Waals surface area contributed by atoms with Crippen LogP contribution in [0.4, 0.5) is 8.78 Å². The second kappa shape index (κ2) is 5.66. The van der Waals surface area contributed by atoms with Crippen molar-refractivity contribution in [2.75, 3.05) is 0 Å². The van der Waals surface area contributed by atoms with Gasteiger partial charge in [0.25, 0.3) is 0 Å². The minimum absolute atomic E-state index is 0.00713. The van der Waals surface area contributed by atoms with Crippen molar-refractivity contribution in [1.29, 1.82) is 0 Å². The van der Waals surface area contributed by atoms with E-state index in [0.29, 0.717) is 11.8 Å². The number of aliphatic carboxylic acids is 1. The van der Waals surface area contributed by atoms with Gasteiger partial charge in [-0.25, -0.2) is 8.42 Å². The average Bonchev–Trinajstić information content (AvgIpc) is 2.29. The minimum Gasteiger partial charge on any atom is -0.480 e. The van der Waals surface area contributed by atoms with Gasteiger partial charge in [0.2, 0.25) is 9.84 Å². The van der Waals surface area contributed by atoms with Gasteiger partial charge in [0, 0.05) is 4.90 Å². The van der Waals surface area contributed by atoms with Gasteiger partial charge in [0.15, 0.2) is 0 Å². The summed E-state index contributed by atoms with van der Waals surface area (Å²) in [5.74, 6) is -4.68. The molecule has 0 spiro atoms. The molecule has 18 heavy (non-hydrogen) atoms. The Morgan fingerprint density at radius 2 is 1.89 bits per heavy atom. The first kappa shape index (κ1) is 14.9. The highest BCUT2D eigenvalue weighted by atomic mass is 32.2. The molecular formula is C10H10F2O4S2. The predicted octanol–water partition coefficient (Wildman–Crippen LogP) is 2.25. The third-order valence-corrected chi connectivity index (χ3v) is 4.77. The standard InChI is InChI=1S/C10H10F2O4S2/c1-6(9(13)14)17-7-4-2-3-5-8(7)18(15,16)10(11)12/h2-6,10H,1H3,(H,13,14). The molecule has 0 saturated carbocycles. The molecule has 0 aromatic heterocycles. The molecule has 0 aliphatic rings. The van der Waals surface area contributed by atoms with Crippen molar-refractivity contribution in [2.45, 2.75) is 27.7 Å². The number of hydrogen-bond donors (Lipinski definition) is 1. The zero-order valence-corrected chi connectivity index (χ0v) is 10.8. The van der Waals surface area contributed by atoms with Crippen molar-refractivity contribution in [3.63, 3.8) is 0 Å². The van der Waals surface area contributed by atoms with Crippen molar-refractivity contribution in [3.05, 3.63) is 24.3 Å². The number of halogens is 2. The first-order valence-corrected chi connectivity index (χ1v) is 7.20. The van der Waals surface area contributed by atoms with Crippen molar-refractivity contribution in [3.8, 4) is 0 Å². The highest BCUT2D eigenvalue weighted by Crippen LogP contribution is 2.32. The van der Waals surface area contributed by atoms with Crippen LogP contribution in [0.2, 0.25) is 0 Å². The zero-order valence-electron chi connectivity index (χ0n) is 9.21. The van der Waals surface area contributed by atoms with Gasteiger partial charge >= 0.3 is 11.7 Å². The summed E-state index contributed by atoms with van der Waals surface area (Å²) in [6, 6.07) is 5.11. The number of sulfone groups is 1. The van der Waals surface area contributed by atoms with Gasteiger partial charge in [-0.2, -0.15) is 8.78 Å². The number of rotatable bonds is 5. The van der Waals surface area contributed by atoms with E-state index in [9.17, 15) is 22.0 Å². The molecule has 8 heteroatoms. The number of carboxylic acids is 1. The molecule has 100 valence electrons. The van der Waals surface area contributed by atoms with Crippen molar-refractivity contribution >= 4 is 27.6 Å². The highest BCUT2D eigenvalue weighted by molar-refractivity contribution is 8.01. The van der Waals surface area contributed by atoms with Crippen molar-refractivity contribution in [2.24, 2.45) is 0 Å². The number of thioether (sulfide) groups is 1. The Morgan fingerprint density at radius 1 is 1.33 bits per heavy atom. The largest absolute Gasteiger partial charge is 0.480 e. The minimum atomic E-state index is -4.73. The van der Waals surface area contributed by atoms with Crippen molar-refractivity contribution < 1.29 is 27.1 Å². The molecule has 4 nitrogen and oxygen atoms in total. The van der Waals surface area contributed by atoms with Crippen LogP contribution in [0.25, 0.3) is 0 Å². The summed E-state index contributed by atoms with van der Waals surface area (Å²) in [5.41, 5.74) is 0. The molecule has 0 heterocycles. The lowest BCUT2D eigenvalue weighted by Gasteiger charge is -2.11. The second-order valence-corrected chi connectivity index (χ2v) is 6.62. The molecule has 0 aliphatic heterocycles. The quantitative estimate of drug-likeness (QED) is 0.844. The molecule has 1 aromatic rings. The lowest BCUT2D eigenvalue weighted by atomic mass is 10.4. The SMILES string of the molecule is CC(Sc1ccccc1S(=O)(=O)C(F)F)C(=O)O. The fourth-order valence-corrected chi connectivity index (χ4v) is 3.24. The topological polar surface area (TPSA) is 71.4 Å². The van der Waals surface area contributed by atoms with E-state index in [0.717, 1.165) is 6.07 Å². The van der Waals surface area contributed by atoms with E-state index in [-0.39, 0.29) is 4.90 Å². The Kier molecular flexibility index (Phi) is 4.69. The molecular weight excluding hydrogens is 286 g/mol. The summed E-state index contributed by atoms with van der Waals surface area (Å²) in [6.07, 6.45) is 0. The van der Waals surface area contributed by atoms with E-state index in [4.69, 9.17) is 5.11 Å². The van der Waals surface area contributed by atoms with Crippen LogP contribution in [0.3, 0.4) is 0 Å². The summed E-state index contributed by atoms with van der Waals surface area (Å²) in [4.78, 5) is 10.1. The second-order valence-electron chi connectivity index (χ2n) is 3.35. The molecule has 1 N–H and O–H groups in total. The van der Waals surface area contributed by atoms with Gasteiger partial charge in [-0.05, 0) is 19.1 Å². The molecule has 1 unspecified atom stereocenters. The number of carboxylic acid groups (broad SMARTS) is 1. The zero-order chi connectivity index (χ0) is 13.9. The van der Waals surface area contributed by atoms with Gasteiger partial charge in [-0.15, -0.1) is 11.8 Å². The van der Waals surface area contributed by atoms with E-state index >= 15 is 0 Å². The van der Waals surface area contributed by atoms with Crippen LogP contribution in [0.1, 0.15) is 6.92 Å². The maximum absolute atomic E-state index is 12.5. The maximum Gasteiger partial charge on any atom is 0.341 e. The molecule has 0 aliphatic carbocycles. The monoisotopic (exact) mass is 296 g/mol. The third kappa shape index (κ3) is 3.20. The summed E-state index contributed by atoms with van der Waals surface area (Å²) in [5, 5.41) is 7.80. The Hall–Kier alpha value is -1.15. The van der Waals surface area contributed by atoms with E-state index in [1.165, 1.54) is 25.1 Å². The van der Waals surface area contributed by atoms with Crippen LogP contribution >= 0.6 is 11.8 Å². The van der Waals surface area contributed by atoms with E-state index < -0.39 is 31.7 Å². The Labute approximate surface area is 107 Å². The van der Waals surface area contributed by atoms with Crippen LogP contribution < -0.4 is 0 Å². The number of carbonyl (C=O) groups is 1. The molecule has 0 bridgehead atoms. The normalized spacial score (nSPS) is 13.6. The van der Waals surface area contributed by atoms with Gasteiger partial charge in [0.05, 0.1) is 4.90 Å². The first-order chi connectivity index (χ1) is 8.26. The summed E-state index contributed by atoms with van der Waals surface area (Å²) in [6.45, 7) is 1.35. The van der Waals surface area contributed by atoms with Gasteiger partial charge in [0.1, 0.15) is 5.25 Å². The third-order valence-electron chi connectivity index (χ3n) is 2.04. The maximum atomic E-state index is 12.5. The molecule has 0 saturated heterocycles. The Balaban J connectivity index is 3.20. The van der Waals surface area contributed by atoms with E-state index in [1.54, 1.807) is 0 Å². The fourth-order valence-electron chi connectivity index (χ4n) is 1.12. The summed E-state index contributed by atoms with van der Waals surface area (Å²) in [7, 11) is -4.73.